The molecule has 1 atom stereocenters. The fraction of sp³-hybridized carbons (Fsp3) is 1.00. The Morgan fingerprint density at radius 1 is 1.00 bits per heavy atom. The summed E-state index contributed by atoms with van der Waals surface area (Å²) in [6, 6.07) is 0. The Morgan fingerprint density at radius 3 is 1.42 bits per heavy atom. The second-order valence-corrected chi connectivity index (χ2v) is 2.78. The lowest BCUT2D eigenvalue weighted by molar-refractivity contribution is 0.334. The maximum atomic E-state index is 2.28. The minimum Gasteiger partial charge on any atom is -0.309 e. The molecule has 0 saturated heterocycles. The molecule has 0 spiro atoms. The van der Waals surface area contributed by atoms with Gasteiger partial charge in [-0.1, -0.05) is 50.0 Å². The van der Waals surface area contributed by atoms with E-state index in [4.69, 9.17) is 0 Å². The highest BCUT2D eigenvalue weighted by Crippen LogP contribution is 1.99. The van der Waals surface area contributed by atoms with Crippen molar-refractivity contribution in [3.8, 4) is 0 Å². The molecule has 82 valence electrons. The molecular weight excluding hydrogens is 146 g/mol. The van der Waals surface area contributed by atoms with E-state index in [0.29, 0.717) is 0 Å². The van der Waals surface area contributed by atoms with Crippen LogP contribution in [-0.4, -0.2) is 25.5 Å². The predicted molar refractivity (Wildman–Crippen MR) is 64.9 cm³/mol. The Morgan fingerprint density at radius 2 is 1.33 bits per heavy atom. The first kappa shape index (κ1) is 29.7. The molecule has 1 heteroatoms. The Balaban J connectivity index is -0.0000000408. The molecule has 0 fully saturated rings. The van der Waals surface area contributed by atoms with E-state index in [1.54, 1.807) is 0 Å². The highest BCUT2D eigenvalue weighted by molar-refractivity contribution is 4.51. The molecular formula is C11H33N. The van der Waals surface area contributed by atoms with E-state index in [1.807, 2.05) is 0 Å². The molecule has 0 heterocycles. The average molecular weight is 179 g/mol. The highest BCUT2D eigenvalue weighted by atomic mass is 15.0. The molecule has 12 heavy (non-hydrogen) atoms. The molecule has 1 unspecified atom stereocenters. The second kappa shape index (κ2) is 17.2. The summed E-state index contributed by atoms with van der Waals surface area (Å²) in [5.74, 6) is 0.852. The molecule has 1 nitrogen and oxygen atoms in total. The smallest absolute Gasteiger partial charge is 0.0000818 e. The number of rotatable bonds is 3. The van der Waals surface area contributed by atoms with Crippen LogP contribution in [0.2, 0.25) is 0 Å². The van der Waals surface area contributed by atoms with E-state index in [1.165, 1.54) is 13.0 Å². The van der Waals surface area contributed by atoms with Gasteiger partial charge < -0.3 is 4.90 Å². The molecule has 0 bridgehead atoms. The zero-order valence-corrected chi connectivity index (χ0v) is 6.44. The maximum Gasteiger partial charge on any atom is 0.0000818 e. The summed E-state index contributed by atoms with van der Waals surface area (Å²) in [6.07, 6.45) is 1.29. The van der Waals surface area contributed by atoms with Crippen molar-refractivity contribution in [2.45, 2.75) is 50.0 Å². The van der Waals surface area contributed by atoms with Crippen LogP contribution in [-0.2, 0) is 0 Å². The first-order valence-corrected chi connectivity index (χ1v) is 3.31. The van der Waals surface area contributed by atoms with Gasteiger partial charge in [0.05, 0.1) is 0 Å². The molecule has 0 rings (SSSR count). The first-order valence-electron chi connectivity index (χ1n) is 3.31. The van der Waals surface area contributed by atoms with Crippen molar-refractivity contribution in [2.24, 2.45) is 5.92 Å². The third-order valence-electron chi connectivity index (χ3n) is 1.37. The number of hydrogen-bond acceptors (Lipinski definition) is 1. The van der Waals surface area contributed by atoms with Gasteiger partial charge in [-0.2, -0.15) is 0 Å². The number of nitrogens with zero attached hydrogens (tertiary/aromatic N) is 1. The van der Waals surface area contributed by atoms with Crippen LogP contribution >= 0.6 is 0 Å². The van der Waals surface area contributed by atoms with Crippen LogP contribution in [0.4, 0.5) is 0 Å². The van der Waals surface area contributed by atoms with Crippen molar-refractivity contribution in [3.63, 3.8) is 0 Å². The molecule has 0 aliphatic carbocycles. The molecule has 0 aromatic heterocycles. The molecule has 0 saturated carbocycles. The minimum atomic E-state index is 0. The van der Waals surface area contributed by atoms with E-state index in [0.717, 1.165) is 5.92 Å². The van der Waals surface area contributed by atoms with Gasteiger partial charge in [0.1, 0.15) is 0 Å². The van der Waals surface area contributed by atoms with Gasteiger partial charge >= 0.3 is 0 Å². The van der Waals surface area contributed by atoms with Crippen molar-refractivity contribution in [3.05, 3.63) is 0 Å². The van der Waals surface area contributed by atoms with Crippen LogP contribution in [0.5, 0.6) is 0 Å². The summed E-state index contributed by atoms with van der Waals surface area (Å²) in [7, 11) is 4.23. The fourth-order valence-electron chi connectivity index (χ4n) is 0.752. The Labute approximate surface area is 82.2 Å². The Hall–Kier alpha value is -0.0400. The van der Waals surface area contributed by atoms with Crippen LogP contribution in [0.25, 0.3) is 0 Å². The number of hydrogen-bond donors (Lipinski definition) is 0. The monoisotopic (exact) mass is 179 g/mol. The van der Waals surface area contributed by atoms with Crippen molar-refractivity contribution >= 4 is 0 Å². The van der Waals surface area contributed by atoms with Gasteiger partial charge in [-0.25, -0.2) is 0 Å². The molecule has 0 aliphatic heterocycles. The van der Waals surface area contributed by atoms with Gasteiger partial charge in [-0.3, -0.25) is 0 Å². The topological polar surface area (TPSA) is 3.24 Å². The maximum absolute atomic E-state index is 2.28. The molecule has 0 N–H and O–H groups in total. The van der Waals surface area contributed by atoms with Gasteiger partial charge in [-0.05, 0) is 20.0 Å². The van der Waals surface area contributed by atoms with E-state index >= 15 is 0 Å². The lowest BCUT2D eigenvalue weighted by atomic mass is 10.1. The summed E-state index contributed by atoms with van der Waals surface area (Å²) in [5, 5.41) is 0. The highest BCUT2D eigenvalue weighted by Gasteiger charge is 1.97. The Kier molecular flexibility index (Phi) is 42.4. The van der Waals surface area contributed by atoms with Crippen LogP contribution in [0.15, 0.2) is 0 Å². The second-order valence-electron chi connectivity index (χ2n) is 2.78. The Bertz CT molecular complexity index is 51.0. The van der Waals surface area contributed by atoms with E-state index in [2.05, 4.69) is 32.8 Å². The van der Waals surface area contributed by atoms with Crippen molar-refractivity contribution < 1.29 is 0 Å². The molecule has 0 amide bonds. The third kappa shape index (κ3) is 22.5. The van der Waals surface area contributed by atoms with E-state index in [-0.39, 0.29) is 29.7 Å². The van der Waals surface area contributed by atoms with Crippen molar-refractivity contribution in [1.29, 1.82) is 0 Å². The summed E-state index contributed by atoms with van der Waals surface area (Å²) in [5.41, 5.74) is 0. The summed E-state index contributed by atoms with van der Waals surface area (Å²) >= 11 is 0. The quantitative estimate of drug-likeness (QED) is 0.629. The fourth-order valence-corrected chi connectivity index (χ4v) is 0.752. The molecule has 0 aromatic carbocycles. The zero-order chi connectivity index (χ0) is 6.57. The van der Waals surface area contributed by atoms with Crippen LogP contribution < -0.4 is 0 Å². The van der Waals surface area contributed by atoms with Gasteiger partial charge in [0.2, 0.25) is 0 Å². The van der Waals surface area contributed by atoms with Gasteiger partial charge in [0.15, 0.2) is 0 Å². The first-order chi connectivity index (χ1) is 3.66. The molecule has 0 aromatic rings. The van der Waals surface area contributed by atoms with Gasteiger partial charge in [0, 0.05) is 6.54 Å². The minimum absolute atomic E-state index is 0. The summed E-state index contributed by atoms with van der Waals surface area (Å²) in [4.78, 5) is 2.23. The van der Waals surface area contributed by atoms with E-state index < -0.39 is 0 Å². The average Bonchev–Trinajstić information content (AvgIpc) is 1.65. The van der Waals surface area contributed by atoms with Crippen LogP contribution in [0, 0.1) is 5.92 Å². The predicted octanol–water partition coefficient (Wildman–Crippen LogP) is 4.14. The molecule has 0 radical (unpaired) electrons. The zero-order valence-electron chi connectivity index (χ0n) is 6.44. The molecule has 0 aliphatic rings. The van der Waals surface area contributed by atoms with Gasteiger partial charge in [0.25, 0.3) is 0 Å². The van der Waals surface area contributed by atoms with Crippen molar-refractivity contribution in [1.82, 2.24) is 4.90 Å². The van der Waals surface area contributed by atoms with Crippen molar-refractivity contribution in [2.75, 3.05) is 20.6 Å². The summed E-state index contributed by atoms with van der Waals surface area (Å²) < 4.78 is 0. The standard InChI is InChI=1S/C7H17N.4CH4/c1-5-7(2)6-8(3)4;;;;/h7H,5-6H2,1-4H3;4*1H4. The van der Waals surface area contributed by atoms with Gasteiger partial charge in [-0.15, -0.1) is 0 Å². The largest absolute Gasteiger partial charge is 0.309 e. The van der Waals surface area contributed by atoms with Crippen LogP contribution in [0.1, 0.15) is 50.0 Å². The third-order valence-corrected chi connectivity index (χ3v) is 1.37. The normalized spacial score (nSPS) is 9.75. The lowest BCUT2D eigenvalue weighted by Gasteiger charge is -2.13. The SMILES string of the molecule is C.C.C.C.CCC(C)CN(C)C. The van der Waals surface area contributed by atoms with Crippen LogP contribution in [0.3, 0.4) is 0 Å². The van der Waals surface area contributed by atoms with E-state index in [9.17, 15) is 0 Å². The summed E-state index contributed by atoms with van der Waals surface area (Å²) in [6.45, 7) is 5.73. The lowest BCUT2D eigenvalue weighted by Crippen LogP contribution is -2.18.